The number of benzene rings is 1. The molecule has 6 heteroatoms. The summed E-state index contributed by atoms with van der Waals surface area (Å²) in [4.78, 5) is 18.8. The Bertz CT molecular complexity index is 827. The molecule has 0 aliphatic heterocycles. The van der Waals surface area contributed by atoms with E-state index in [1.807, 2.05) is 55.6 Å². The summed E-state index contributed by atoms with van der Waals surface area (Å²) in [5.41, 5.74) is 1.66. The zero-order valence-corrected chi connectivity index (χ0v) is 15.1. The molecule has 23 heavy (non-hydrogen) atoms. The second kappa shape index (κ2) is 6.83. The molecule has 118 valence electrons. The Balaban J connectivity index is 1.82. The molecule has 3 aromatic rings. The first-order valence-corrected chi connectivity index (χ1v) is 9.19. The van der Waals surface area contributed by atoms with Crippen molar-refractivity contribution in [2.45, 2.75) is 19.9 Å². The molecule has 0 aliphatic rings. The second-order valence-electron chi connectivity index (χ2n) is 5.15. The summed E-state index contributed by atoms with van der Waals surface area (Å²) in [6, 6.07) is 11.5. The Labute approximate surface area is 148 Å². The van der Waals surface area contributed by atoms with E-state index in [1.165, 1.54) is 11.3 Å². The first kappa shape index (κ1) is 16.2. The molecule has 0 saturated carbocycles. The van der Waals surface area contributed by atoms with Gasteiger partial charge in [-0.1, -0.05) is 29.8 Å². The van der Waals surface area contributed by atoms with Gasteiger partial charge in [-0.25, -0.2) is 4.98 Å². The van der Waals surface area contributed by atoms with E-state index in [9.17, 15) is 4.79 Å². The third-order valence-electron chi connectivity index (χ3n) is 3.39. The van der Waals surface area contributed by atoms with Crippen LogP contribution in [-0.2, 0) is 0 Å². The standard InChI is InChI=1S/C17H15ClN2OS2/c1-10(14-7-4-8-22-14)19-16(21)15-11(2)20-17(23-15)12-5-3-6-13(18)9-12/h3-10H,1-2H3,(H,19,21). The molecule has 0 aliphatic carbocycles. The number of halogens is 1. The fourth-order valence-electron chi connectivity index (χ4n) is 2.22. The van der Waals surface area contributed by atoms with Gasteiger partial charge in [0.2, 0.25) is 0 Å². The smallest absolute Gasteiger partial charge is 0.263 e. The molecular formula is C17H15ClN2OS2. The molecule has 0 saturated heterocycles. The average molecular weight is 363 g/mol. The van der Waals surface area contributed by atoms with Crippen LogP contribution in [0.4, 0.5) is 0 Å². The van der Waals surface area contributed by atoms with E-state index in [-0.39, 0.29) is 11.9 Å². The summed E-state index contributed by atoms with van der Waals surface area (Å²) in [5, 5.41) is 6.50. The van der Waals surface area contributed by atoms with E-state index in [4.69, 9.17) is 11.6 Å². The maximum absolute atomic E-state index is 12.5. The maximum Gasteiger partial charge on any atom is 0.263 e. The Hall–Kier alpha value is -1.69. The van der Waals surface area contributed by atoms with Crippen LogP contribution in [0.1, 0.15) is 33.2 Å². The molecule has 0 spiro atoms. The van der Waals surface area contributed by atoms with Gasteiger partial charge in [0.1, 0.15) is 9.88 Å². The molecular weight excluding hydrogens is 348 g/mol. The topological polar surface area (TPSA) is 42.0 Å². The van der Waals surface area contributed by atoms with E-state index in [1.54, 1.807) is 11.3 Å². The minimum absolute atomic E-state index is 0.0152. The number of nitrogens with zero attached hydrogens (tertiary/aromatic N) is 1. The van der Waals surface area contributed by atoms with Crippen LogP contribution >= 0.6 is 34.3 Å². The van der Waals surface area contributed by atoms with Gasteiger partial charge in [-0.15, -0.1) is 22.7 Å². The largest absolute Gasteiger partial charge is 0.344 e. The molecule has 1 atom stereocenters. The number of nitrogens with one attached hydrogen (secondary N) is 1. The van der Waals surface area contributed by atoms with Gasteiger partial charge in [0, 0.05) is 15.5 Å². The van der Waals surface area contributed by atoms with Crippen molar-refractivity contribution in [1.82, 2.24) is 10.3 Å². The van der Waals surface area contributed by atoms with Crippen molar-refractivity contribution in [2.75, 3.05) is 0 Å². The van der Waals surface area contributed by atoms with Crippen molar-refractivity contribution in [2.24, 2.45) is 0 Å². The van der Waals surface area contributed by atoms with Crippen molar-refractivity contribution in [3.8, 4) is 10.6 Å². The van der Waals surface area contributed by atoms with Gasteiger partial charge in [-0.05, 0) is 37.4 Å². The van der Waals surface area contributed by atoms with Crippen molar-refractivity contribution in [3.63, 3.8) is 0 Å². The average Bonchev–Trinajstić information content (AvgIpc) is 3.16. The van der Waals surface area contributed by atoms with Gasteiger partial charge < -0.3 is 5.32 Å². The molecule has 0 radical (unpaired) electrons. The van der Waals surface area contributed by atoms with Crippen LogP contribution in [0.5, 0.6) is 0 Å². The number of hydrogen-bond donors (Lipinski definition) is 1. The third kappa shape index (κ3) is 3.63. The summed E-state index contributed by atoms with van der Waals surface area (Å²) < 4.78 is 0. The summed E-state index contributed by atoms with van der Waals surface area (Å²) in [5.74, 6) is -0.0887. The van der Waals surface area contributed by atoms with Crippen LogP contribution in [0.25, 0.3) is 10.6 Å². The highest BCUT2D eigenvalue weighted by Crippen LogP contribution is 2.30. The number of rotatable bonds is 4. The third-order valence-corrected chi connectivity index (χ3v) is 5.89. The van der Waals surface area contributed by atoms with E-state index in [2.05, 4.69) is 10.3 Å². The lowest BCUT2D eigenvalue weighted by atomic mass is 10.2. The quantitative estimate of drug-likeness (QED) is 0.682. The van der Waals surface area contributed by atoms with Crippen molar-refractivity contribution >= 4 is 40.2 Å². The van der Waals surface area contributed by atoms with Crippen LogP contribution in [0.15, 0.2) is 41.8 Å². The summed E-state index contributed by atoms with van der Waals surface area (Å²) in [6.45, 7) is 3.84. The predicted molar refractivity (Wildman–Crippen MR) is 97.5 cm³/mol. The minimum Gasteiger partial charge on any atom is -0.344 e. The lowest BCUT2D eigenvalue weighted by Gasteiger charge is -2.11. The van der Waals surface area contributed by atoms with E-state index < -0.39 is 0 Å². The number of aromatic nitrogens is 1. The Morgan fingerprint density at radius 2 is 2.13 bits per heavy atom. The van der Waals surface area contributed by atoms with Gasteiger partial charge in [-0.3, -0.25) is 4.79 Å². The summed E-state index contributed by atoms with van der Waals surface area (Å²) >= 11 is 9.05. The highest BCUT2D eigenvalue weighted by atomic mass is 35.5. The fourth-order valence-corrected chi connectivity index (χ4v) is 4.11. The van der Waals surface area contributed by atoms with Crippen LogP contribution in [0.2, 0.25) is 5.02 Å². The molecule has 3 rings (SSSR count). The first-order valence-electron chi connectivity index (χ1n) is 7.12. The van der Waals surface area contributed by atoms with E-state index in [0.29, 0.717) is 9.90 Å². The maximum atomic E-state index is 12.5. The van der Waals surface area contributed by atoms with Gasteiger partial charge in [-0.2, -0.15) is 0 Å². The van der Waals surface area contributed by atoms with Crippen molar-refractivity contribution < 1.29 is 4.79 Å². The monoisotopic (exact) mass is 362 g/mol. The summed E-state index contributed by atoms with van der Waals surface area (Å²) in [6.07, 6.45) is 0. The molecule has 0 fully saturated rings. The van der Waals surface area contributed by atoms with Crippen LogP contribution < -0.4 is 5.32 Å². The minimum atomic E-state index is -0.0887. The van der Waals surface area contributed by atoms with Gasteiger partial charge >= 0.3 is 0 Å². The van der Waals surface area contributed by atoms with Gasteiger partial charge in [0.15, 0.2) is 0 Å². The highest BCUT2D eigenvalue weighted by molar-refractivity contribution is 7.17. The fraction of sp³-hybridized carbons (Fsp3) is 0.176. The number of amides is 1. The Morgan fingerprint density at radius 3 is 2.83 bits per heavy atom. The van der Waals surface area contributed by atoms with E-state index in [0.717, 1.165) is 21.1 Å². The lowest BCUT2D eigenvalue weighted by molar-refractivity contribution is 0.0944. The van der Waals surface area contributed by atoms with Crippen LogP contribution in [-0.4, -0.2) is 10.9 Å². The molecule has 0 bridgehead atoms. The number of carbonyl (C=O) groups is 1. The lowest BCUT2D eigenvalue weighted by Crippen LogP contribution is -2.25. The SMILES string of the molecule is Cc1nc(-c2cccc(Cl)c2)sc1C(=O)NC(C)c1cccs1. The Morgan fingerprint density at radius 1 is 1.30 bits per heavy atom. The van der Waals surface area contributed by atoms with E-state index >= 15 is 0 Å². The molecule has 1 unspecified atom stereocenters. The number of aryl methyl sites for hydroxylation is 1. The molecule has 2 heterocycles. The van der Waals surface area contributed by atoms with Gasteiger partial charge in [0.25, 0.3) is 5.91 Å². The number of thiophene rings is 1. The molecule has 1 N–H and O–H groups in total. The van der Waals surface area contributed by atoms with Gasteiger partial charge in [0.05, 0.1) is 11.7 Å². The number of thiazole rings is 1. The molecule has 1 amide bonds. The summed E-state index contributed by atoms with van der Waals surface area (Å²) in [7, 11) is 0. The zero-order chi connectivity index (χ0) is 16.4. The van der Waals surface area contributed by atoms with Crippen molar-refractivity contribution in [3.05, 3.63) is 62.2 Å². The normalized spacial score (nSPS) is 12.1. The highest BCUT2D eigenvalue weighted by Gasteiger charge is 2.18. The number of carbonyl (C=O) groups excluding carboxylic acids is 1. The van der Waals surface area contributed by atoms with Crippen LogP contribution in [0.3, 0.4) is 0 Å². The van der Waals surface area contributed by atoms with Crippen LogP contribution in [0, 0.1) is 6.92 Å². The second-order valence-corrected chi connectivity index (χ2v) is 7.57. The molecule has 2 aromatic heterocycles. The molecule has 3 nitrogen and oxygen atoms in total. The Kier molecular flexibility index (Phi) is 4.80. The molecule has 1 aromatic carbocycles. The van der Waals surface area contributed by atoms with Crippen molar-refractivity contribution in [1.29, 1.82) is 0 Å². The zero-order valence-electron chi connectivity index (χ0n) is 12.7. The first-order chi connectivity index (χ1) is 11.0. The predicted octanol–water partition coefficient (Wildman–Crippen LogP) is 5.32. The number of hydrogen-bond acceptors (Lipinski definition) is 4.